The van der Waals surface area contributed by atoms with Gasteiger partial charge in [-0.3, -0.25) is 0 Å². The maximum atomic E-state index is 3.78. The fourth-order valence-corrected chi connectivity index (χ4v) is 3.74. The van der Waals surface area contributed by atoms with E-state index in [4.69, 9.17) is 0 Å². The third kappa shape index (κ3) is 5.14. The Morgan fingerprint density at radius 1 is 1.00 bits per heavy atom. The third-order valence-corrected chi connectivity index (χ3v) is 5.21. The molecule has 0 aliphatic heterocycles. The molecule has 2 rings (SSSR count). The lowest BCUT2D eigenvalue weighted by atomic mass is 9.83. The van der Waals surface area contributed by atoms with E-state index in [-0.39, 0.29) is 0 Å². The SMILES string of the molecule is CCNC(Cc1ccc(C)c(C)c1)C1CCCCCCC1. The van der Waals surface area contributed by atoms with Gasteiger partial charge >= 0.3 is 0 Å². The normalized spacial score (nSPS) is 19.0. The lowest BCUT2D eigenvalue weighted by Crippen LogP contribution is -2.38. The Kier molecular flexibility index (Phi) is 6.76. The van der Waals surface area contributed by atoms with Gasteiger partial charge in [-0.2, -0.15) is 0 Å². The summed E-state index contributed by atoms with van der Waals surface area (Å²) < 4.78 is 0. The van der Waals surface area contributed by atoms with Gasteiger partial charge in [0.15, 0.2) is 0 Å². The van der Waals surface area contributed by atoms with E-state index in [0.717, 1.165) is 12.5 Å². The number of nitrogens with one attached hydrogen (secondary N) is 1. The lowest BCUT2D eigenvalue weighted by Gasteiger charge is -2.30. The first kappa shape index (κ1) is 16.5. The number of hydrogen-bond acceptors (Lipinski definition) is 1. The Hall–Kier alpha value is -0.820. The monoisotopic (exact) mass is 287 g/mol. The summed E-state index contributed by atoms with van der Waals surface area (Å²) in [5, 5.41) is 3.78. The first-order valence-electron chi connectivity index (χ1n) is 9.00. The molecule has 1 aliphatic rings. The predicted molar refractivity (Wildman–Crippen MR) is 92.9 cm³/mol. The highest BCUT2D eigenvalue weighted by atomic mass is 14.9. The van der Waals surface area contributed by atoms with Crippen molar-refractivity contribution in [2.75, 3.05) is 6.54 Å². The zero-order valence-corrected chi connectivity index (χ0v) is 14.3. The Labute approximate surface area is 131 Å². The van der Waals surface area contributed by atoms with Crippen LogP contribution in [0.1, 0.15) is 68.6 Å². The van der Waals surface area contributed by atoms with Crippen molar-refractivity contribution in [2.24, 2.45) is 5.92 Å². The van der Waals surface area contributed by atoms with E-state index >= 15 is 0 Å². The van der Waals surface area contributed by atoms with Crippen LogP contribution in [0.5, 0.6) is 0 Å². The molecule has 1 aliphatic carbocycles. The predicted octanol–water partition coefficient (Wildman–Crippen LogP) is 5.18. The molecule has 21 heavy (non-hydrogen) atoms. The highest BCUT2D eigenvalue weighted by Crippen LogP contribution is 2.27. The Morgan fingerprint density at radius 2 is 1.67 bits per heavy atom. The number of hydrogen-bond donors (Lipinski definition) is 1. The van der Waals surface area contributed by atoms with Crippen LogP contribution in [-0.2, 0) is 6.42 Å². The Morgan fingerprint density at radius 3 is 2.29 bits per heavy atom. The van der Waals surface area contributed by atoms with Gasteiger partial charge < -0.3 is 5.32 Å². The van der Waals surface area contributed by atoms with E-state index in [0.29, 0.717) is 6.04 Å². The van der Waals surface area contributed by atoms with Crippen LogP contribution >= 0.6 is 0 Å². The molecule has 118 valence electrons. The molecule has 1 aromatic rings. The molecule has 0 saturated heterocycles. The average molecular weight is 287 g/mol. The van der Waals surface area contributed by atoms with E-state index < -0.39 is 0 Å². The highest BCUT2D eigenvalue weighted by molar-refractivity contribution is 5.30. The molecule has 0 spiro atoms. The molecule has 1 aromatic carbocycles. The summed E-state index contributed by atoms with van der Waals surface area (Å²) in [4.78, 5) is 0. The fraction of sp³-hybridized carbons (Fsp3) is 0.700. The van der Waals surface area contributed by atoms with Crippen LogP contribution in [0, 0.1) is 19.8 Å². The van der Waals surface area contributed by atoms with Gasteiger partial charge in [-0.15, -0.1) is 0 Å². The second kappa shape index (κ2) is 8.58. The molecule has 0 radical (unpaired) electrons. The number of aryl methyl sites for hydroxylation is 2. The number of benzene rings is 1. The van der Waals surface area contributed by atoms with Gasteiger partial charge in [0.2, 0.25) is 0 Å². The third-order valence-electron chi connectivity index (χ3n) is 5.21. The summed E-state index contributed by atoms with van der Waals surface area (Å²) in [6.07, 6.45) is 11.2. The van der Waals surface area contributed by atoms with Gasteiger partial charge in [0, 0.05) is 6.04 Å². The van der Waals surface area contributed by atoms with Gasteiger partial charge in [-0.1, -0.05) is 57.2 Å². The summed E-state index contributed by atoms with van der Waals surface area (Å²) >= 11 is 0. The smallest absolute Gasteiger partial charge is 0.0136 e. The fourth-order valence-electron chi connectivity index (χ4n) is 3.74. The standard InChI is InChI=1S/C20H33N/c1-4-21-20(19-10-8-6-5-7-9-11-19)15-18-13-12-16(2)17(3)14-18/h12-14,19-21H,4-11,15H2,1-3H3. The molecular weight excluding hydrogens is 254 g/mol. The zero-order valence-electron chi connectivity index (χ0n) is 14.3. The minimum absolute atomic E-state index is 0.662. The van der Waals surface area contributed by atoms with Gasteiger partial charge in [-0.25, -0.2) is 0 Å². The van der Waals surface area contributed by atoms with Gasteiger partial charge in [0.1, 0.15) is 0 Å². The maximum absolute atomic E-state index is 3.78. The second-order valence-corrected chi connectivity index (χ2v) is 6.89. The molecule has 0 amide bonds. The van der Waals surface area contributed by atoms with Crippen molar-refractivity contribution in [1.29, 1.82) is 0 Å². The first-order valence-corrected chi connectivity index (χ1v) is 9.00. The Bertz CT molecular complexity index is 416. The molecule has 1 unspecified atom stereocenters. The molecule has 1 fully saturated rings. The van der Waals surface area contributed by atoms with Crippen LogP contribution in [0.4, 0.5) is 0 Å². The summed E-state index contributed by atoms with van der Waals surface area (Å²) in [6, 6.07) is 7.67. The van der Waals surface area contributed by atoms with Crippen molar-refractivity contribution >= 4 is 0 Å². The van der Waals surface area contributed by atoms with E-state index in [9.17, 15) is 0 Å². The highest BCUT2D eigenvalue weighted by Gasteiger charge is 2.21. The van der Waals surface area contributed by atoms with Crippen molar-refractivity contribution < 1.29 is 0 Å². The minimum Gasteiger partial charge on any atom is -0.314 e. The van der Waals surface area contributed by atoms with Crippen molar-refractivity contribution in [3.8, 4) is 0 Å². The quantitative estimate of drug-likeness (QED) is 0.786. The van der Waals surface area contributed by atoms with Crippen LogP contribution in [-0.4, -0.2) is 12.6 Å². The maximum Gasteiger partial charge on any atom is 0.0136 e. The van der Waals surface area contributed by atoms with Crippen LogP contribution in [0.25, 0.3) is 0 Å². The summed E-state index contributed by atoms with van der Waals surface area (Å²) in [5.41, 5.74) is 4.34. The molecule has 0 aromatic heterocycles. The molecule has 1 saturated carbocycles. The van der Waals surface area contributed by atoms with E-state index in [1.807, 2.05) is 0 Å². The van der Waals surface area contributed by atoms with Crippen LogP contribution < -0.4 is 5.32 Å². The molecule has 0 heterocycles. The molecule has 1 nitrogen and oxygen atoms in total. The van der Waals surface area contributed by atoms with Gasteiger partial charge in [0.05, 0.1) is 0 Å². The van der Waals surface area contributed by atoms with E-state index in [1.54, 1.807) is 0 Å². The van der Waals surface area contributed by atoms with Crippen LogP contribution in [0.3, 0.4) is 0 Å². The van der Waals surface area contributed by atoms with E-state index in [2.05, 4.69) is 44.3 Å². The summed E-state index contributed by atoms with van der Waals surface area (Å²) in [7, 11) is 0. The topological polar surface area (TPSA) is 12.0 Å². The minimum atomic E-state index is 0.662. The molecular formula is C20H33N. The zero-order chi connectivity index (χ0) is 15.1. The van der Waals surface area contributed by atoms with Crippen LogP contribution in [0.2, 0.25) is 0 Å². The van der Waals surface area contributed by atoms with Gasteiger partial charge in [-0.05, 0) is 62.3 Å². The second-order valence-electron chi connectivity index (χ2n) is 6.89. The number of likely N-dealkylation sites (N-methyl/N-ethyl adjacent to an activating group) is 1. The average Bonchev–Trinajstić information content (AvgIpc) is 2.42. The Balaban J connectivity index is 2.04. The summed E-state index contributed by atoms with van der Waals surface area (Å²) in [6.45, 7) is 7.77. The first-order chi connectivity index (χ1) is 10.2. The lowest BCUT2D eigenvalue weighted by molar-refractivity contribution is 0.286. The van der Waals surface area contributed by atoms with Crippen LogP contribution in [0.15, 0.2) is 18.2 Å². The number of rotatable bonds is 5. The largest absolute Gasteiger partial charge is 0.314 e. The van der Waals surface area contributed by atoms with Crippen molar-refractivity contribution in [2.45, 2.75) is 78.2 Å². The summed E-state index contributed by atoms with van der Waals surface area (Å²) in [5.74, 6) is 0.867. The van der Waals surface area contributed by atoms with Gasteiger partial charge in [0.25, 0.3) is 0 Å². The van der Waals surface area contributed by atoms with Crippen molar-refractivity contribution in [3.63, 3.8) is 0 Å². The van der Waals surface area contributed by atoms with Crippen molar-refractivity contribution in [1.82, 2.24) is 5.32 Å². The van der Waals surface area contributed by atoms with Crippen molar-refractivity contribution in [3.05, 3.63) is 34.9 Å². The molecule has 1 atom stereocenters. The molecule has 1 N–H and O–H groups in total. The molecule has 0 bridgehead atoms. The van der Waals surface area contributed by atoms with E-state index in [1.165, 1.54) is 68.1 Å². The molecule has 1 heteroatoms.